The van der Waals surface area contributed by atoms with E-state index in [2.05, 4.69) is 114 Å². The lowest BCUT2D eigenvalue weighted by molar-refractivity contribution is 1.07. The lowest BCUT2D eigenvalue weighted by Gasteiger charge is -2.10. The molecule has 0 atom stereocenters. The lowest BCUT2D eigenvalue weighted by Crippen LogP contribution is -2.00. The molecule has 216 valence electrons. The van der Waals surface area contributed by atoms with Gasteiger partial charge in [0.15, 0.2) is 17.5 Å². The second-order valence-corrected chi connectivity index (χ2v) is 12.2. The first kappa shape index (κ1) is 26.4. The maximum atomic E-state index is 5.06. The van der Waals surface area contributed by atoms with Gasteiger partial charge in [-0.15, -0.1) is 11.3 Å². The number of benzene rings is 6. The summed E-state index contributed by atoms with van der Waals surface area (Å²) in [5, 5.41) is 3.39. The Morgan fingerprint density at radius 2 is 0.978 bits per heavy atom. The predicted molar refractivity (Wildman–Crippen MR) is 189 cm³/mol. The van der Waals surface area contributed by atoms with Crippen molar-refractivity contribution >= 4 is 43.4 Å². The molecule has 0 saturated carbocycles. The van der Waals surface area contributed by atoms with Crippen molar-refractivity contribution in [3.63, 3.8) is 0 Å². The molecule has 0 spiro atoms. The van der Waals surface area contributed by atoms with E-state index < -0.39 is 0 Å². The van der Waals surface area contributed by atoms with E-state index in [1.54, 1.807) is 11.3 Å². The first-order valence-electron chi connectivity index (χ1n) is 15.2. The molecule has 0 saturated heterocycles. The molecule has 0 N–H and O–H groups in total. The first-order chi connectivity index (χ1) is 22.8. The second-order valence-electron chi connectivity index (χ2n) is 11.2. The van der Waals surface area contributed by atoms with Gasteiger partial charge >= 0.3 is 0 Å². The molecule has 0 aliphatic heterocycles. The molecule has 0 amide bonds. The van der Waals surface area contributed by atoms with Gasteiger partial charge in [0.25, 0.3) is 0 Å². The number of hydrogen-bond acceptors (Lipinski definition) is 5. The van der Waals surface area contributed by atoms with Crippen LogP contribution in [0.4, 0.5) is 0 Å². The fraction of sp³-hybridized carbons (Fsp3) is 0. The number of hydrogen-bond donors (Lipinski definition) is 0. The van der Waals surface area contributed by atoms with Gasteiger partial charge in [0.05, 0.1) is 21.3 Å². The van der Waals surface area contributed by atoms with Crippen LogP contribution in [0.1, 0.15) is 0 Å². The monoisotopic (exact) mass is 607 g/mol. The molecule has 0 radical (unpaired) electrons. The number of nitrogens with zero attached hydrogens (tertiary/aromatic N) is 5. The van der Waals surface area contributed by atoms with Gasteiger partial charge in [-0.05, 0) is 36.4 Å². The summed E-state index contributed by atoms with van der Waals surface area (Å²) in [6.07, 6.45) is 0. The van der Waals surface area contributed by atoms with Crippen molar-refractivity contribution in [3.05, 3.63) is 152 Å². The normalized spacial score (nSPS) is 11.5. The van der Waals surface area contributed by atoms with Crippen molar-refractivity contribution in [2.75, 3.05) is 0 Å². The summed E-state index contributed by atoms with van der Waals surface area (Å²) in [7, 11) is 0. The number of para-hydroxylation sites is 3. The van der Waals surface area contributed by atoms with Gasteiger partial charge in [-0.3, -0.25) is 0 Å². The van der Waals surface area contributed by atoms with Crippen LogP contribution in [0.2, 0.25) is 0 Å². The second kappa shape index (κ2) is 10.9. The van der Waals surface area contributed by atoms with Crippen molar-refractivity contribution in [2.45, 2.75) is 0 Å². The largest absolute Gasteiger partial charge is 0.309 e. The van der Waals surface area contributed by atoms with E-state index >= 15 is 0 Å². The van der Waals surface area contributed by atoms with E-state index in [0.29, 0.717) is 17.5 Å². The highest BCUT2D eigenvalue weighted by molar-refractivity contribution is 7.21. The van der Waals surface area contributed by atoms with Crippen LogP contribution >= 0.6 is 11.3 Å². The lowest BCUT2D eigenvalue weighted by atomic mass is 10.1. The Bertz CT molecular complexity index is 2480. The number of rotatable bonds is 5. The van der Waals surface area contributed by atoms with E-state index in [-0.39, 0.29) is 0 Å². The minimum atomic E-state index is 0.628. The van der Waals surface area contributed by atoms with Crippen molar-refractivity contribution in [1.29, 1.82) is 0 Å². The van der Waals surface area contributed by atoms with Crippen molar-refractivity contribution < 1.29 is 0 Å². The quantitative estimate of drug-likeness (QED) is 0.195. The van der Waals surface area contributed by atoms with Gasteiger partial charge in [-0.25, -0.2) is 19.9 Å². The summed E-state index contributed by atoms with van der Waals surface area (Å²) in [6, 6.07) is 52.2. The number of fused-ring (bicyclic) bond motifs is 4. The summed E-state index contributed by atoms with van der Waals surface area (Å²) in [6.45, 7) is 0. The Morgan fingerprint density at radius 1 is 0.413 bits per heavy atom. The molecular formula is C40H25N5S. The Morgan fingerprint density at radius 3 is 1.74 bits per heavy atom. The molecule has 6 heteroatoms. The Kier molecular flexibility index (Phi) is 6.25. The first-order valence-corrected chi connectivity index (χ1v) is 16.0. The van der Waals surface area contributed by atoms with Crippen LogP contribution in [-0.4, -0.2) is 24.5 Å². The van der Waals surface area contributed by atoms with Crippen molar-refractivity contribution in [1.82, 2.24) is 24.5 Å². The summed E-state index contributed by atoms with van der Waals surface area (Å²) >= 11 is 1.70. The molecular weight excluding hydrogens is 583 g/mol. The molecule has 0 unspecified atom stereocenters. The molecule has 9 rings (SSSR count). The van der Waals surface area contributed by atoms with E-state index in [0.717, 1.165) is 49.5 Å². The van der Waals surface area contributed by atoms with Gasteiger partial charge in [0.2, 0.25) is 0 Å². The summed E-state index contributed by atoms with van der Waals surface area (Å²) in [4.78, 5) is 19.9. The Balaban J connectivity index is 1.20. The van der Waals surface area contributed by atoms with E-state index in [4.69, 9.17) is 19.9 Å². The minimum Gasteiger partial charge on any atom is -0.309 e. The Labute approximate surface area is 269 Å². The number of aromatic nitrogens is 5. The van der Waals surface area contributed by atoms with Gasteiger partial charge in [0, 0.05) is 38.7 Å². The van der Waals surface area contributed by atoms with Crippen LogP contribution in [-0.2, 0) is 0 Å². The maximum Gasteiger partial charge on any atom is 0.164 e. The molecule has 0 aliphatic rings. The highest BCUT2D eigenvalue weighted by Gasteiger charge is 2.17. The molecule has 3 aromatic heterocycles. The summed E-state index contributed by atoms with van der Waals surface area (Å²) < 4.78 is 3.49. The van der Waals surface area contributed by atoms with E-state index in [1.807, 2.05) is 42.5 Å². The molecule has 3 heterocycles. The molecule has 0 fully saturated rings. The van der Waals surface area contributed by atoms with Crippen molar-refractivity contribution in [2.24, 2.45) is 0 Å². The third-order valence-corrected chi connectivity index (χ3v) is 9.38. The molecule has 9 aromatic rings. The van der Waals surface area contributed by atoms with Crippen LogP contribution in [0.5, 0.6) is 0 Å². The third kappa shape index (κ3) is 4.55. The zero-order chi connectivity index (χ0) is 30.5. The molecule has 5 nitrogen and oxygen atoms in total. The van der Waals surface area contributed by atoms with Gasteiger partial charge in [0.1, 0.15) is 5.01 Å². The predicted octanol–water partition coefficient (Wildman–Crippen LogP) is 10.2. The number of thiazole rings is 1. The van der Waals surface area contributed by atoms with Crippen LogP contribution in [0.3, 0.4) is 0 Å². The summed E-state index contributed by atoms with van der Waals surface area (Å²) in [5.41, 5.74) is 8.26. The standard InChI is InChI=1S/C40H25N5S/c1-3-11-26(12-4-1)37-42-38(27-19-21-28(22-20-27)40-41-33-16-8-10-18-36(33)46-40)44-39(43-37)29-23-24-32-31-15-7-9-17-34(31)45(35(32)25-29)30-13-5-2-6-14-30/h1-25H. The fourth-order valence-electron chi connectivity index (χ4n) is 6.07. The molecule has 0 aliphatic carbocycles. The topological polar surface area (TPSA) is 56.5 Å². The minimum absolute atomic E-state index is 0.628. The van der Waals surface area contributed by atoms with Gasteiger partial charge < -0.3 is 4.57 Å². The van der Waals surface area contributed by atoms with Crippen LogP contribution < -0.4 is 0 Å². The highest BCUT2D eigenvalue weighted by atomic mass is 32.1. The van der Waals surface area contributed by atoms with Crippen LogP contribution in [0, 0.1) is 0 Å². The van der Waals surface area contributed by atoms with Crippen molar-refractivity contribution in [3.8, 4) is 50.4 Å². The Hall–Kier alpha value is -5.98. The van der Waals surface area contributed by atoms with Gasteiger partial charge in [-0.1, -0.05) is 115 Å². The molecule has 6 aromatic carbocycles. The van der Waals surface area contributed by atoms with Crippen LogP contribution in [0.15, 0.2) is 152 Å². The third-order valence-electron chi connectivity index (χ3n) is 8.30. The zero-order valence-corrected chi connectivity index (χ0v) is 25.4. The van der Waals surface area contributed by atoms with E-state index in [1.165, 1.54) is 15.5 Å². The SMILES string of the molecule is c1ccc(-c2nc(-c3ccc(-c4nc5ccccc5s4)cc3)nc(-c3ccc4c5ccccc5n(-c5ccccc5)c4c3)n2)cc1. The average Bonchev–Trinajstić information content (AvgIpc) is 3.72. The smallest absolute Gasteiger partial charge is 0.164 e. The summed E-state index contributed by atoms with van der Waals surface area (Å²) in [5.74, 6) is 1.90. The molecule has 0 bridgehead atoms. The fourth-order valence-corrected chi connectivity index (χ4v) is 7.04. The average molecular weight is 608 g/mol. The van der Waals surface area contributed by atoms with Crippen LogP contribution in [0.25, 0.3) is 82.4 Å². The maximum absolute atomic E-state index is 5.06. The zero-order valence-electron chi connectivity index (χ0n) is 24.6. The van der Waals surface area contributed by atoms with Gasteiger partial charge in [-0.2, -0.15) is 0 Å². The molecule has 46 heavy (non-hydrogen) atoms. The van der Waals surface area contributed by atoms with E-state index in [9.17, 15) is 0 Å². The highest BCUT2D eigenvalue weighted by Crippen LogP contribution is 2.35.